The molecule has 1 saturated heterocycles. The number of hydrogen-bond donors (Lipinski definition) is 1. The minimum atomic E-state index is -1.08. The van der Waals surface area contributed by atoms with E-state index in [0.29, 0.717) is 16.0 Å². The molecular weight excluding hydrogens is 585 g/mol. The summed E-state index contributed by atoms with van der Waals surface area (Å²) in [5.74, 6) is -0.213. The minimum absolute atomic E-state index is 0.0251. The second kappa shape index (κ2) is 11.2. The third-order valence-electron chi connectivity index (χ3n) is 6.48. The molecule has 0 radical (unpaired) electrons. The number of morpholine rings is 1. The van der Waals surface area contributed by atoms with Gasteiger partial charge in [0.2, 0.25) is 0 Å². The summed E-state index contributed by atoms with van der Waals surface area (Å²) < 4.78 is 7.10. The first kappa shape index (κ1) is 27.8. The van der Waals surface area contributed by atoms with Crippen molar-refractivity contribution in [2.24, 2.45) is 5.92 Å². The molecule has 9 heteroatoms. The number of rotatable bonds is 8. The van der Waals surface area contributed by atoms with E-state index in [4.69, 9.17) is 27.9 Å². The van der Waals surface area contributed by atoms with Gasteiger partial charge in [-0.15, -0.1) is 0 Å². The molecule has 2 fully saturated rings. The smallest absolute Gasteiger partial charge is 0.306 e. The van der Waals surface area contributed by atoms with Gasteiger partial charge in [-0.25, -0.2) is 0 Å². The predicted molar refractivity (Wildman–Crippen MR) is 149 cm³/mol. The average molecular weight is 615 g/mol. The standard InChI is InChI=1S/C27H30BrCl2NO4S/c1-27(2,3)36-14-21(15-4-5-15)31-24(16-6-9-18(29)10-7-16)25(17-8-11-19(28)20(30)12-17)35-22(26(31)34)13-23(32)33/h6-12,15,21-22,24-25H,4-5,13-14H2,1-3H3,(H,32,33)/t21-,22-,24-,25-/m1/s1. The van der Waals surface area contributed by atoms with E-state index in [9.17, 15) is 14.7 Å². The van der Waals surface area contributed by atoms with Crippen LogP contribution in [0.5, 0.6) is 0 Å². The van der Waals surface area contributed by atoms with Crippen LogP contribution in [0.3, 0.4) is 0 Å². The van der Waals surface area contributed by atoms with Gasteiger partial charge in [-0.3, -0.25) is 9.59 Å². The van der Waals surface area contributed by atoms with Crippen molar-refractivity contribution in [2.75, 3.05) is 5.75 Å². The Morgan fingerprint density at radius 2 is 1.81 bits per heavy atom. The van der Waals surface area contributed by atoms with Crippen molar-refractivity contribution in [3.05, 3.63) is 68.1 Å². The third-order valence-corrected chi connectivity index (χ3v) is 9.34. The molecule has 194 valence electrons. The molecule has 1 amide bonds. The second-order valence-electron chi connectivity index (χ2n) is 10.4. The molecule has 1 aliphatic carbocycles. The highest BCUT2D eigenvalue weighted by atomic mass is 79.9. The molecule has 0 aromatic heterocycles. The number of benzene rings is 2. The zero-order chi connectivity index (χ0) is 26.2. The lowest BCUT2D eigenvalue weighted by atomic mass is 9.89. The van der Waals surface area contributed by atoms with E-state index >= 15 is 0 Å². The van der Waals surface area contributed by atoms with Gasteiger partial charge < -0.3 is 14.7 Å². The van der Waals surface area contributed by atoms with Gasteiger partial charge in [0, 0.05) is 26.0 Å². The molecule has 0 spiro atoms. The number of carbonyl (C=O) groups excluding carboxylic acids is 1. The number of nitrogens with zero attached hydrogens (tertiary/aromatic N) is 1. The molecule has 0 unspecified atom stereocenters. The van der Waals surface area contributed by atoms with E-state index in [1.54, 1.807) is 0 Å². The van der Waals surface area contributed by atoms with Gasteiger partial charge in [-0.1, -0.05) is 62.2 Å². The molecule has 36 heavy (non-hydrogen) atoms. The highest BCUT2D eigenvalue weighted by Crippen LogP contribution is 2.49. The molecule has 2 aromatic carbocycles. The van der Waals surface area contributed by atoms with Gasteiger partial charge in [-0.05, 0) is 70.1 Å². The summed E-state index contributed by atoms with van der Waals surface area (Å²) in [5, 5.41) is 10.7. The molecule has 1 N–H and O–H groups in total. The van der Waals surface area contributed by atoms with Crippen molar-refractivity contribution in [2.45, 2.75) is 69.1 Å². The van der Waals surface area contributed by atoms with E-state index in [1.807, 2.05) is 59.1 Å². The largest absolute Gasteiger partial charge is 0.481 e. The van der Waals surface area contributed by atoms with Crippen LogP contribution in [0.1, 0.15) is 63.3 Å². The fourth-order valence-corrected chi connectivity index (χ4v) is 6.29. The Balaban J connectivity index is 1.85. The molecule has 2 aliphatic rings. The van der Waals surface area contributed by atoms with Crippen molar-refractivity contribution in [1.82, 2.24) is 4.90 Å². The number of carboxylic acid groups (broad SMARTS) is 1. The van der Waals surface area contributed by atoms with Gasteiger partial charge in [0.25, 0.3) is 5.91 Å². The summed E-state index contributed by atoms with van der Waals surface area (Å²) in [7, 11) is 0. The lowest BCUT2D eigenvalue weighted by molar-refractivity contribution is -0.183. The first-order valence-electron chi connectivity index (χ1n) is 12.0. The van der Waals surface area contributed by atoms with E-state index < -0.39 is 30.6 Å². The van der Waals surface area contributed by atoms with E-state index in [-0.39, 0.29) is 16.7 Å². The fourth-order valence-electron chi connectivity index (χ4n) is 4.63. The van der Waals surface area contributed by atoms with Crippen LogP contribution in [0.15, 0.2) is 46.9 Å². The maximum atomic E-state index is 14.0. The number of thioether (sulfide) groups is 1. The zero-order valence-corrected chi connectivity index (χ0v) is 24.3. The first-order chi connectivity index (χ1) is 16.9. The lowest BCUT2D eigenvalue weighted by Gasteiger charge is -2.48. The number of aliphatic carboxylic acids is 1. The van der Waals surface area contributed by atoms with Crippen LogP contribution in [-0.4, -0.2) is 44.5 Å². The van der Waals surface area contributed by atoms with E-state index in [2.05, 4.69) is 36.7 Å². The highest BCUT2D eigenvalue weighted by Gasteiger charge is 2.50. The first-order valence-corrected chi connectivity index (χ1v) is 14.5. The zero-order valence-electron chi connectivity index (χ0n) is 20.4. The summed E-state index contributed by atoms with van der Waals surface area (Å²) >= 11 is 17.9. The molecular formula is C27H30BrCl2NO4S. The summed E-state index contributed by atoms with van der Waals surface area (Å²) in [5.41, 5.74) is 1.67. The topological polar surface area (TPSA) is 66.8 Å². The van der Waals surface area contributed by atoms with Crippen LogP contribution in [0.2, 0.25) is 10.0 Å². The number of hydrogen-bond acceptors (Lipinski definition) is 4. The fraction of sp³-hybridized carbons (Fsp3) is 0.481. The highest BCUT2D eigenvalue weighted by molar-refractivity contribution is 9.10. The quantitative estimate of drug-likeness (QED) is 0.332. The van der Waals surface area contributed by atoms with Crippen LogP contribution >= 0.6 is 50.9 Å². The van der Waals surface area contributed by atoms with Crippen molar-refractivity contribution in [1.29, 1.82) is 0 Å². The molecule has 1 aliphatic heterocycles. The van der Waals surface area contributed by atoms with Gasteiger partial charge in [0.05, 0.1) is 17.5 Å². The summed E-state index contributed by atoms with van der Waals surface area (Å²) in [6.07, 6.45) is 0.0177. The Bertz CT molecular complexity index is 1120. The van der Waals surface area contributed by atoms with Crippen LogP contribution < -0.4 is 0 Å². The summed E-state index contributed by atoms with van der Waals surface area (Å²) in [6.45, 7) is 6.50. The van der Waals surface area contributed by atoms with Crippen LogP contribution in [-0.2, 0) is 14.3 Å². The monoisotopic (exact) mass is 613 g/mol. The van der Waals surface area contributed by atoms with Crippen molar-refractivity contribution in [3.8, 4) is 0 Å². The number of amides is 1. The molecule has 5 nitrogen and oxygen atoms in total. The number of ether oxygens (including phenoxy) is 1. The SMILES string of the molecule is CC(C)(C)SC[C@H](C1CC1)N1C(=O)[C@@H](CC(=O)O)O[C@H](c2ccc(Br)c(Cl)c2)[C@H]1c1ccc(Cl)cc1. The minimum Gasteiger partial charge on any atom is -0.481 e. The summed E-state index contributed by atoms with van der Waals surface area (Å²) in [6, 6.07) is 12.5. The summed E-state index contributed by atoms with van der Waals surface area (Å²) in [4.78, 5) is 27.6. The molecule has 4 rings (SSSR count). The Morgan fingerprint density at radius 3 is 2.36 bits per heavy atom. The Morgan fingerprint density at radius 1 is 1.17 bits per heavy atom. The predicted octanol–water partition coefficient (Wildman–Crippen LogP) is 7.55. The molecule has 1 heterocycles. The van der Waals surface area contributed by atoms with Gasteiger partial charge in [0.1, 0.15) is 12.2 Å². The number of carboxylic acids is 1. The van der Waals surface area contributed by atoms with E-state index in [1.165, 1.54) is 0 Å². The van der Waals surface area contributed by atoms with Gasteiger partial charge in [-0.2, -0.15) is 11.8 Å². The van der Waals surface area contributed by atoms with Crippen LogP contribution in [0.4, 0.5) is 0 Å². The molecule has 0 bridgehead atoms. The van der Waals surface area contributed by atoms with Gasteiger partial charge >= 0.3 is 5.97 Å². The van der Waals surface area contributed by atoms with Crippen LogP contribution in [0.25, 0.3) is 0 Å². The average Bonchev–Trinajstić information content (AvgIpc) is 3.63. The van der Waals surface area contributed by atoms with Crippen molar-refractivity contribution >= 4 is 62.8 Å². The van der Waals surface area contributed by atoms with E-state index in [0.717, 1.165) is 34.2 Å². The molecule has 2 aromatic rings. The number of halogens is 3. The Labute approximate surface area is 235 Å². The normalized spacial score (nSPS) is 23.6. The Kier molecular flexibility index (Phi) is 8.67. The van der Waals surface area contributed by atoms with Gasteiger partial charge in [0.15, 0.2) is 0 Å². The third kappa shape index (κ3) is 6.60. The number of carbonyl (C=O) groups is 2. The maximum absolute atomic E-state index is 14.0. The molecule has 1 saturated carbocycles. The lowest BCUT2D eigenvalue weighted by Crippen LogP contribution is -2.56. The molecule has 4 atom stereocenters. The van der Waals surface area contributed by atoms with Crippen LogP contribution in [0, 0.1) is 5.92 Å². The van der Waals surface area contributed by atoms with Crippen molar-refractivity contribution in [3.63, 3.8) is 0 Å². The van der Waals surface area contributed by atoms with Crippen molar-refractivity contribution < 1.29 is 19.4 Å². The maximum Gasteiger partial charge on any atom is 0.306 e. The Hall–Kier alpha value is -1.25. The second-order valence-corrected chi connectivity index (χ2v) is 13.9.